The fourth-order valence-electron chi connectivity index (χ4n) is 2.50. The van der Waals surface area contributed by atoms with Crippen LogP contribution in [0.25, 0.3) is 11.0 Å². The van der Waals surface area contributed by atoms with Crippen molar-refractivity contribution in [3.8, 4) is 5.75 Å². The molecule has 0 aliphatic carbocycles. The zero-order chi connectivity index (χ0) is 17.3. The van der Waals surface area contributed by atoms with Gasteiger partial charge in [0.2, 0.25) is 5.78 Å². The molecule has 1 aromatic heterocycles. The topological polar surface area (TPSA) is 56.5 Å². The number of ether oxygens (including phenoxy) is 1. The first-order valence-corrected chi connectivity index (χ1v) is 7.76. The zero-order valence-corrected chi connectivity index (χ0v) is 13.8. The highest BCUT2D eigenvalue weighted by Gasteiger charge is 2.17. The minimum absolute atomic E-state index is 0.0901. The Bertz CT molecular complexity index is 969. The van der Waals surface area contributed by atoms with Crippen molar-refractivity contribution in [1.29, 1.82) is 0 Å². The number of benzene rings is 2. The Balaban J connectivity index is 1.83. The van der Waals surface area contributed by atoms with Crippen molar-refractivity contribution in [2.45, 2.75) is 26.9 Å². The minimum atomic E-state index is -0.639. The molecule has 0 amide bonds. The van der Waals surface area contributed by atoms with Gasteiger partial charge in [-0.1, -0.05) is 12.1 Å². The summed E-state index contributed by atoms with van der Waals surface area (Å²) in [5.41, 5.74) is 2.85. The van der Waals surface area contributed by atoms with Gasteiger partial charge in [-0.3, -0.25) is 4.79 Å². The van der Waals surface area contributed by atoms with E-state index in [1.54, 1.807) is 31.2 Å². The van der Waals surface area contributed by atoms with Crippen LogP contribution >= 0.6 is 0 Å². The van der Waals surface area contributed by atoms with Gasteiger partial charge in [0.1, 0.15) is 11.3 Å². The molecule has 4 heteroatoms. The average molecular weight is 322 g/mol. The van der Waals surface area contributed by atoms with E-state index in [0.717, 1.165) is 16.5 Å². The third-order valence-corrected chi connectivity index (χ3v) is 4.07. The van der Waals surface area contributed by atoms with Crippen molar-refractivity contribution in [3.05, 3.63) is 75.6 Å². The molecule has 3 aromatic rings. The van der Waals surface area contributed by atoms with E-state index in [0.29, 0.717) is 16.9 Å². The summed E-state index contributed by atoms with van der Waals surface area (Å²) in [5, 5.41) is 0.801. The maximum atomic E-state index is 12.5. The first-order valence-electron chi connectivity index (χ1n) is 7.76. The highest BCUT2D eigenvalue weighted by atomic mass is 16.5. The van der Waals surface area contributed by atoms with Crippen LogP contribution in [-0.2, 0) is 0 Å². The maximum absolute atomic E-state index is 12.5. The average Bonchev–Trinajstić information content (AvgIpc) is 2.56. The smallest absolute Gasteiger partial charge is 0.336 e. The van der Waals surface area contributed by atoms with Crippen molar-refractivity contribution in [2.75, 3.05) is 0 Å². The predicted octanol–water partition coefficient (Wildman–Crippen LogP) is 4.06. The normalized spacial score (nSPS) is 12.1. The van der Waals surface area contributed by atoms with Crippen LogP contribution in [-0.4, -0.2) is 11.9 Å². The molecule has 0 fully saturated rings. The number of Topliss-reactive ketones (excluding diaryl/α,β-unsaturated/α-hetero) is 1. The van der Waals surface area contributed by atoms with Gasteiger partial charge in [0.25, 0.3) is 0 Å². The molecule has 0 aliphatic heterocycles. The number of hydrogen-bond acceptors (Lipinski definition) is 4. The number of fused-ring (bicyclic) bond motifs is 1. The molecule has 0 spiro atoms. The van der Waals surface area contributed by atoms with E-state index in [4.69, 9.17) is 9.15 Å². The molecule has 0 aliphatic rings. The van der Waals surface area contributed by atoms with Gasteiger partial charge in [0.05, 0.1) is 0 Å². The maximum Gasteiger partial charge on any atom is 0.336 e. The molecule has 0 radical (unpaired) electrons. The highest BCUT2D eigenvalue weighted by molar-refractivity contribution is 5.99. The van der Waals surface area contributed by atoms with Gasteiger partial charge in [-0.05, 0) is 56.2 Å². The second-order valence-corrected chi connectivity index (χ2v) is 5.88. The van der Waals surface area contributed by atoms with Crippen LogP contribution in [0.1, 0.15) is 28.4 Å². The van der Waals surface area contributed by atoms with Crippen molar-refractivity contribution in [1.82, 2.24) is 0 Å². The van der Waals surface area contributed by atoms with Gasteiger partial charge < -0.3 is 9.15 Å². The fourth-order valence-corrected chi connectivity index (χ4v) is 2.50. The van der Waals surface area contributed by atoms with E-state index >= 15 is 0 Å². The molecule has 122 valence electrons. The van der Waals surface area contributed by atoms with E-state index in [9.17, 15) is 9.59 Å². The SMILES string of the molecule is Cc1ccc(C(=O)[C@H](C)Oc2ccc3ccc(=O)oc3c2)cc1C. The Morgan fingerprint density at radius 3 is 2.50 bits per heavy atom. The third-order valence-electron chi connectivity index (χ3n) is 4.07. The summed E-state index contributed by atoms with van der Waals surface area (Å²) in [6.45, 7) is 5.69. The molecule has 24 heavy (non-hydrogen) atoms. The van der Waals surface area contributed by atoms with Crippen LogP contribution in [0.3, 0.4) is 0 Å². The Kier molecular flexibility index (Phi) is 4.21. The first-order chi connectivity index (χ1) is 11.4. The summed E-state index contributed by atoms with van der Waals surface area (Å²) in [7, 11) is 0. The summed E-state index contributed by atoms with van der Waals surface area (Å²) in [6, 6.07) is 13.8. The predicted molar refractivity (Wildman–Crippen MR) is 92.8 cm³/mol. The summed E-state index contributed by atoms with van der Waals surface area (Å²) in [6.07, 6.45) is -0.639. The largest absolute Gasteiger partial charge is 0.482 e. The molecule has 0 saturated heterocycles. The number of ketones is 1. The molecule has 2 aromatic carbocycles. The lowest BCUT2D eigenvalue weighted by molar-refractivity contribution is 0.0818. The number of carbonyl (C=O) groups is 1. The highest BCUT2D eigenvalue weighted by Crippen LogP contribution is 2.21. The Morgan fingerprint density at radius 2 is 1.75 bits per heavy atom. The Hall–Kier alpha value is -2.88. The number of hydrogen-bond donors (Lipinski definition) is 0. The van der Waals surface area contributed by atoms with Crippen LogP contribution in [0.5, 0.6) is 5.75 Å². The molecule has 0 bridgehead atoms. The lowest BCUT2D eigenvalue weighted by Crippen LogP contribution is -2.24. The summed E-state index contributed by atoms with van der Waals surface area (Å²) >= 11 is 0. The standard InChI is InChI=1S/C20H18O4/c1-12-4-5-16(10-13(12)2)20(22)14(3)23-17-8-6-15-7-9-19(21)24-18(15)11-17/h4-11,14H,1-3H3/t14-/m0/s1. The van der Waals surface area contributed by atoms with Gasteiger partial charge in [-0.15, -0.1) is 0 Å². The molecule has 0 N–H and O–H groups in total. The second-order valence-electron chi connectivity index (χ2n) is 5.88. The molecular formula is C20H18O4. The summed E-state index contributed by atoms with van der Waals surface area (Å²) in [4.78, 5) is 23.8. The van der Waals surface area contributed by atoms with Crippen LogP contribution in [0.4, 0.5) is 0 Å². The zero-order valence-electron chi connectivity index (χ0n) is 13.8. The van der Waals surface area contributed by atoms with Crippen molar-refractivity contribution >= 4 is 16.8 Å². The monoisotopic (exact) mass is 322 g/mol. The van der Waals surface area contributed by atoms with Crippen LogP contribution in [0.15, 0.2) is 57.7 Å². The third kappa shape index (κ3) is 3.23. The van der Waals surface area contributed by atoms with E-state index in [-0.39, 0.29) is 5.78 Å². The second kappa shape index (κ2) is 6.32. The lowest BCUT2D eigenvalue weighted by atomic mass is 10.0. The summed E-state index contributed by atoms with van der Waals surface area (Å²) < 4.78 is 10.9. The Morgan fingerprint density at radius 1 is 1.00 bits per heavy atom. The summed E-state index contributed by atoms with van der Waals surface area (Å²) in [5.74, 6) is 0.397. The van der Waals surface area contributed by atoms with Gasteiger partial charge in [0.15, 0.2) is 6.10 Å². The van der Waals surface area contributed by atoms with Crippen LogP contribution in [0.2, 0.25) is 0 Å². The number of rotatable bonds is 4. The van der Waals surface area contributed by atoms with E-state index in [2.05, 4.69) is 0 Å². The molecule has 0 unspecified atom stereocenters. The lowest BCUT2D eigenvalue weighted by Gasteiger charge is -2.14. The quantitative estimate of drug-likeness (QED) is 0.537. The number of carbonyl (C=O) groups excluding carboxylic acids is 1. The van der Waals surface area contributed by atoms with Crippen molar-refractivity contribution in [3.63, 3.8) is 0 Å². The molecule has 1 atom stereocenters. The molecular weight excluding hydrogens is 304 g/mol. The van der Waals surface area contributed by atoms with E-state index < -0.39 is 11.7 Å². The van der Waals surface area contributed by atoms with Crippen molar-refractivity contribution < 1.29 is 13.9 Å². The molecule has 0 saturated carbocycles. The van der Waals surface area contributed by atoms with Crippen molar-refractivity contribution in [2.24, 2.45) is 0 Å². The van der Waals surface area contributed by atoms with Crippen LogP contribution < -0.4 is 10.4 Å². The van der Waals surface area contributed by atoms with Gasteiger partial charge >= 0.3 is 5.63 Å². The van der Waals surface area contributed by atoms with Gasteiger partial charge in [0, 0.05) is 23.1 Å². The van der Waals surface area contributed by atoms with E-state index in [1.807, 2.05) is 32.0 Å². The molecule has 1 heterocycles. The first kappa shape index (κ1) is 16.0. The van der Waals surface area contributed by atoms with E-state index in [1.165, 1.54) is 6.07 Å². The fraction of sp³-hybridized carbons (Fsp3) is 0.200. The molecule has 4 nitrogen and oxygen atoms in total. The van der Waals surface area contributed by atoms with Crippen LogP contribution in [0, 0.1) is 13.8 Å². The van der Waals surface area contributed by atoms with Gasteiger partial charge in [-0.2, -0.15) is 0 Å². The Labute approximate surface area is 139 Å². The molecule has 3 rings (SSSR count). The van der Waals surface area contributed by atoms with Gasteiger partial charge in [-0.25, -0.2) is 4.79 Å². The number of aryl methyl sites for hydroxylation is 2. The minimum Gasteiger partial charge on any atom is -0.482 e.